The molecule has 0 aromatic heterocycles. The lowest BCUT2D eigenvalue weighted by Gasteiger charge is -2.36. The van der Waals surface area contributed by atoms with Crippen LogP contribution < -0.4 is 18.7 Å². The number of carboxylic acid groups (broad SMARTS) is 1. The predicted octanol–water partition coefficient (Wildman–Crippen LogP) is 5.53. The Balaban J connectivity index is 1.49. The predicted molar refractivity (Wildman–Crippen MR) is 146 cm³/mol. The molecule has 1 N–H and O–H groups in total. The molecule has 41 heavy (non-hydrogen) atoms. The van der Waals surface area contributed by atoms with Gasteiger partial charge in [-0.05, 0) is 60.9 Å². The summed E-state index contributed by atoms with van der Waals surface area (Å²) in [6.45, 7) is 1.17. The zero-order chi connectivity index (χ0) is 29.4. The van der Waals surface area contributed by atoms with Crippen molar-refractivity contribution in [3.63, 3.8) is 0 Å². The van der Waals surface area contributed by atoms with Gasteiger partial charge in [0.1, 0.15) is 17.6 Å². The molecule has 1 fully saturated rings. The zero-order valence-electron chi connectivity index (χ0n) is 22.2. The molecule has 8 nitrogen and oxygen atoms in total. The van der Waals surface area contributed by atoms with E-state index in [2.05, 4.69) is 4.90 Å². The van der Waals surface area contributed by atoms with Crippen molar-refractivity contribution in [1.82, 2.24) is 0 Å². The topological polar surface area (TPSA) is 96.4 Å². The molecule has 3 aromatic rings. The second-order valence-corrected chi connectivity index (χ2v) is 11.9. The van der Waals surface area contributed by atoms with Gasteiger partial charge in [0.2, 0.25) is 0 Å². The van der Waals surface area contributed by atoms with Crippen molar-refractivity contribution in [2.24, 2.45) is 0 Å². The Morgan fingerprint density at radius 1 is 1.05 bits per heavy atom. The van der Waals surface area contributed by atoms with Crippen LogP contribution in [0.15, 0.2) is 71.6 Å². The molecular weight excluding hydrogens is 561 g/mol. The number of para-hydroxylation sites is 2. The Labute approximate surface area is 236 Å². The van der Waals surface area contributed by atoms with Gasteiger partial charge in [0.25, 0.3) is 10.0 Å². The highest BCUT2D eigenvalue weighted by Crippen LogP contribution is 2.43. The minimum atomic E-state index is -4.72. The number of rotatable bonds is 8. The molecule has 0 radical (unpaired) electrons. The van der Waals surface area contributed by atoms with Crippen molar-refractivity contribution in [3.05, 3.63) is 77.9 Å². The van der Waals surface area contributed by atoms with Gasteiger partial charge in [0.15, 0.2) is 0 Å². The Bertz CT molecular complexity index is 1550. The first-order valence-electron chi connectivity index (χ1n) is 13.1. The molecule has 0 aliphatic carbocycles. The third-order valence-corrected chi connectivity index (χ3v) is 9.21. The van der Waals surface area contributed by atoms with E-state index in [0.717, 1.165) is 52.5 Å². The number of sulfonamides is 1. The van der Waals surface area contributed by atoms with Gasteiger partial charge in [-0.15, -0.1) is 0 Å². The molecule has 3 aromatic carbocycles. The van der Waals surface area contributed by atoms with Gasteiger partial charge >= 0.3 is 12.1 Å². The Kier molecular flexibility index (Phi) is 7.78. The molecule has 0 bridgehead atoms. The summed E-state index contributed by atoms with van der Waals surface area (Å²) in [6, 6.07) is 16.5. The van der Waals surface area contributed by atoms with Gasteiger partial charge in [-0.1, -0.05) is 24.3 Å². The third kappa shape index (κ3) is 5.92. The molecule has 2 atom stereocenters. The van der Waals surface area contributed by atoms with Crippen LogP contribution in [0, 0.1) is 0 Å². The van der Waals surface area contributed by atoms with Gasteiger partial charge in [-0.25, -0.2) is 8.42 Å². The molecule has 218 valence electrons. The average molecular weight is 591 g/mol. The summed E-state index contributed by atoms with van der Waals surface area (Å²) >= 11 is 0. The van der Waals surface area contributed by atoms with Crippen LogP contribution >= 0.6 is 0 Å². The first-order chi connectivity index (χ1) is 19.5. The maximum Gasteiger partial charge on any atom is 0.416 e. The van der Waals surface area contributed by atoms with Crippen molar-refractivity contribution in [1.29, 1.82) is 0 Å². The molecule has 0 spiro atoms. The summed E-state index contributed by atoms with van der Waals surface area (Å²) < 4.78 is 80.4. The average Bonchev–Trinajstić information content (AvgIpc) is 3.45. The zero-order valence-corrected chi connectivity index (χ0v) is 23.0. The number of aliphatic carboxylic acids is 1. The molecular formula is C29H29F3N2O6S. The molecule has 2 aliphatic rings. The molecule has 2 unspecified atom stereocenters. The number of benzene rings is 3. The highest BCUT2D eigenvalue weighted by Gasteiger charge is 2.38. The van der Waals surface area contributed by atoms with Crippen LogP contribution in [0.3, 0.4) is 0 Å². The van der Waals surface area contributed by atoms with E-state index in [9.17, 15) is 26.4 Å². The van der Waals surface area contributed by atoms with E-state index in [0.29, 0.717) is 12.6 Å². The summed E-state index contributed by atoms with van der Waals surface area (Å²) in [4.78, 5) is 12.9. The number of alkyl halides is 3. The minimum Gasteiger partial charge on any atom is -0.495 e. The van der Waals surface area contributed by atoms with Gasteiger partial charge in [0, 0.05) is 25.4 Å². The first-order valence-corrected chi connectivity index (χ1v) is 14.5. The number of methoxy groups -OCH3 is 1. The van der Waals surface area contributed by atoms with E-state index >= 15 is 0 Å². The summed E-state index contributed by atoms with van der Waals surface area (Å²) in [7, 11) is -2.84. The van der Waals surface area contributed by atoms with Gasteiger partial charge in [-0.2, -0.15) is 13.2 Å². The Hall–Kier alpha value is -3.93. The summed E-state index contributed by atoms with van der Waals surface area (Å²) in [5, 5.41) is 9.14. The molecule has 0 amide bonds. The van der Waals surface area contributed by atoms with Crippen LogP contribution in [-0.4, -0.2) is 52.3 Å². The van der Waals surface area contributed by atoms with Crippen molar-refractivity contribution < 1.29 is 41.0 Å². The van der Waals surface area contributed by atoms with Gasteiger partial charge < -0.3 is 19.5 Å². The van der Waals surface area contributed by atoms with Crippen LogP contribution in [0.2, 0.25) is 0 Å². The Morgan fingerprint density at radius 3 is 2.56 bits per heavy atom. The Morgan fingerprint density at radius 2 is 1.83 bits per heavy atom. The van der Waals surface area contributed by atoms with E-state index in [1.807, 2.05) is 30.3 Å². The molecule has 12 heteroatoms. The monoisotopic (exact) mass is 590 g/mol. The second-order valence-electron chi connectivity index (χ2n) is 10.1. The maximum atomic E-state index is 13.8. The fourth-order valence-electron chi connectivity index (χ4n) is 5.35. The van der Waals surface area contributed by atoms with Crippen LogP contribution in [-0.2, 0) is 21.0 Å². The van der Waals surface area contributed by atoms with Crippen molar-refractivity contribution in [2.75, 3.05) is 35.9 Å². The maximum absolute atomic E-state index is 13.8. The minimum absolute atomic E-state index is 0.0294. The number of fused-ring (bicyclic) bond motifs is 1. The third-order valence-electron chi connectivity index (χ3n) is 7.43. The number of hydrogen-bond acceptors (Lipinski definition) is 6. The van der Waals surface area contributed by atoms with Crippen LogP contribution in [0.1, 0.15) is 36.3 Å². The van der Waals surface area contributed by atoms with Gasteiger partial charge in [-0.3, -0.25) is 9.10 Å². The van der Waals surface area contributed by atoms with E-state index in [4.69, 9.17) is 14.6 Å². The van der Waals surface area contributed by atoms with Crippen LogP contribution in [0.5, 0.6) is 11.5 Å². The number of carboxylic acids is 1. The molecule has 1 saturated heterocycles. The number of hydrogen-bond donors (Lipinski definition) is 1. The lowest BCUT2D eigenvalue weighted by Crippen LogP contribution is -2.43. The SMILES string of the molecule is COc1ccccc1N1CCC(c2ccc3c(c2)N(S(=O)(=O)c2cccc(C(F)(F)F)c2)CC(CCC(=O)O)O3)C1. The highest BCUT2D eigenvalue weighted by atomic mass is 32.2. The van der Waals surface area contributed by atoms with Gasteiger partial charge in [0.05, 0.1) is 35.5 Å². The van der Waals surface area contributed by atoms with Crippen molar-refractivity contribution in [2.45, 2.75) is 42.4 Å². The number of nitrogens with zero attached hydrogens (tertiary/aromatic N) is 2. The largest absolute Gasteiger partial charge is 0.495 e. The van der Waals surface area contributed by atoms with Crippen molar-refractivity contribution in [3.8, 4) is 11.5 Å². The van der Waals surface area contributed by atoms with E-state index in [1.165, 1.54) is 0 Å². The number of ether oxygens (including phenoxy) is 2. The molecule has 0 saturated carbocycles. The quantitative estimate of drug-likeness (QED) is 0.369. The van der Waals surface area contributed by atoms with Crippen LogP contribution in [0.25, 0.3) is 0 Å². The smallest absolute Gasteiger partial charge is 0.416 e. The second kappa shape index (κ2) is 11.2. The highest BCUT2D eigenvalue weighted by molar-refractivity contribution is 7.92. The fourth-order valence-corrected chi connectivity index (χ4v) is 6.89. The van der Waals surface area contributed by atoms with E-state index in [1.54, 1.807) is 19.2 Å². The van der Waals surface area contributed by atoms with Crippen molar-refractivity contribution >= 4 is 27.4 Å². The summed E-state index contributed by atoms with van der Waals surface area (Å²) in [6.07, 6.45) is -4.95. The number of carbonyl (C=O) groups is 1. The van der Waals surface area contributed by atoms with Crippen LogP contribution in [0.4, 0.5) is 24.5 Å². The molecule has 5 rings (SSSR count). The summed E-state index contributed by atoms with van der Waals surface area (Å²) in [5.74, 6) is -0.0424. The summed E-state index contributed by atoms with van der Waals surface area (Å²) in [5.41, 5.74) is 0.944. The fraction of sp³-hybridized carbons (Fsp3) is 0.345. The molecule has 2 heterocycles. The normalized spacial score (nSPS) is 19.0. The standard InChI is InChI=1S/C29H29F3N2O6S/c1-39-26-8-3-2-7-24(26)33-14-13-20(17-33)19-9-11-27-25(15-19)34(18-22(40-27)10-12-28(35)36)41(37,38)23-6-4-5-21(16-23)29(30,31)32/h2-9,11,15-16,20,22H,10,12-14,17-18H2,1H3,(H,35,36). The lowest BCUT2D eigenvalue weighted by molar-refractivity contribution is -0.138. The first kappa shape index (κ1) is 28.6. The lowest BCUT2D eigenvalue weighted by atomic mass is 9.97. The number of halogens is 3. The number of anilines is 2. The van der Waals surface area contributed by atoms with E-state index in [-0.39, 0.29) is 36.7 Å². The van der Waals surface area contributed by atoms with E-state index < -0.39 is 38.7 Å². The molecule has 2 aliphatic heterocycles.